The molecule has 6 heteroatoms. The molecule has 0 aliphatic heterocycles. The monoisotopic (exact) mass is 248 g/mol. The molecular weight excluding hydrogens is 228 g/mol. The molecule has 0 heterocycles. The van der Waals surface area contributed by atoms with Gasteiger partial charge in [-0.25, -0.2) is 9.68 Å². The van der Waals surface area contributed by atoms with Crippen LogP contribution in [0.15, 0.2) is 12.7 Å². The Morgan fingerprint density at radius 3 is 2.53 bits per heavy atom. The van der Waals surface area contributed by atoms with Crippen molar-refractivity contribution >= 4 is 6.16 Å². The molecular formula is C11H20O6. The summed E-state index contributed by atoms with van der Waals surface area (Å²) in [6.07, 6.45) is -1.19. The lowest BCUT2D eigenvalue weighted by Gasteiger charge is -2.25. The number of ether oxygens (including phenoxy) is 2. The second-order valence-corrected chi connectivity index (χ2v) is 3.98. The van der Waals surface area contributed by atoms with Crippen LogP contribution in [0.1, 0.15) is 34.1 Å². The van der Waals surface area contributed by atoms with Gasteiger partial charge in [0.05, 0.1) is 5.60 Å². The fraction of sp³-hybridized carbons (Fsp3) is 0.727. The minimum Gasteiger partial charge on any atom is -0.450 e. The number of hydrogen-bond acceptors (Lipinski definition) is 5. The molecule has 17 heavy (non-hydrogen) atoms. The van der Waals surface area contributed by atoms with E-state index < -0.39 is 24.3 Å². The third kappa shape index (κ3) is 7.73. The first-order valence-corrected chi connectivity index (χ1v) is 5.33. The number of hydrogen-bond donors (Lipinski definition) is 1. The third-order valence-corrected chi connectivity index (χ3v) is 2.00. The average molecular weight is 248 g/mol. The van der Waals surface area contributed by atoms with Gasteiger partial charge in [0.15, 0.2) is 0 Å². The highest BCUT2D eigenvalue weighted by atomic mass is 17.2. The van der Waals surface area contributed by atoms with Crippen LogP contribution in [0.3, 0.4) is 0 Å². The Morgan fingerprint density at radius 2 is 2.12 bits per heavy atom. The minimum absolute atomic E-state index is 0.457. The second kappa shape index (κ2) is 7.26. The molecule has 2 unspecified atom stereocenters. The van der Waals surface area contributed by atoms with Gasteiger partial charge in [-0.3, -0.25) is 0 Å². The largest absolute Gasteiger partial charge is 0.508 e. The van der Waals surface area contributed by atoms with Gasteiger partial charge >= 0.3 is 6.16 Å². The van der Waals surface area contributed by atoms with E-state index in [-0.39, 0.29) is 0 Å². The Hall–Kier alpha value is -1.11. The van der Waals surface area contributed by atoms with Crippen molar-refractivity contribution in [3.8, 4) is 0 Å². The molecule has 1 N–H and O–H groups in total. The number of rotatable bonds is 8. The van der Waals surface area contributed by atoms with Crippen LogP contribution in [0, 0.1) is 0 Å². The van der Waals surface area contributed by atoms with Crippen LogP contribution in [-0.2, 0) is 19.2 Å². The van der Waals surface area contributed by atoms with Gasteiger partial charge in [-0.15, -0.1) is 0 Å². The predicted octanol–water partition coefficient (Wildman–Crippen LogP) is 2.69. The van der Waals surface area contributed by atoms with Gasteiger partial charge in [0.25, 0.3) is 0 Å². The Labute approximate surface area is 101 Å². The highest BCUT2D eigenvalue weighted by molar-refractivity contribution is 5.56. The molecule has 0 aromatic carbocycles. The fourth-order valence-corrected chi connectivity index (χ4v) is 0.713. The van der Waals surface area contributed by atoms with Gasteiger partial charge < -0.3 is 14.6 Å². The first kappa shape index (κ1) is 15.9. The van der Waals surface area contributed by atoms with E-state index in [1.165, 1.54) is 13.0 Å². The van der Waals surface area contributed by atoms with Gasteiger partial charge in [-0.2, -0.15) is 4.89 Å². The van der Waals surface area contributed by atoms with Crippen LogP contribution in [0.25, 0.3) is 0 Å². The Morgan fingerprint density at radius 1 is 1.53 bits per heavy atom. The van der Waals surface area contributed by atoms with E-state index in [0.717, 1.165) is 6.42 Å². The van der Waals surface area contributed by atoms with Crippen molar-refractivity contribution in [3.05, 3.63) is 12.7 Å². The molecule has 0 saturated carbocycles. The lowest BCUT2D eigenvalue weighted by molar-refractivity contribution is -0.419. The zero-order valence-corrected chi connectivity index (χ0v) is 10.6. The quantitative estimate of drug-likeness (QED) is 0.234. The Bertz CT molecular complexity index is 250. The zero-order valence-electron chi connectivity index (χ0n) is 10.6. The molecule has 0 fully saturated rings. The summed E-state index contributed by atoms with van der Waals surface area (Å²) in [6.45, 7) is 10.6. The minimum atomic E-state index is -1.42. The molecule has 0 radical (unpaired) electrons. The maximum atomic E-state index is 10.2. The molecule has 0 bridgehead atoms. The maximum Gasteiger partial charge on any atom is 0.508 e. The molecule has 0 spiro atoms. The van der Waals surface area contributed by atoms with Crippen molar-refractivity contribution in [1.82, 2.24) is 0 Å². The summed E-state index contributed by atoms with van der Waals surface area (Å²) in [5.74, 6) is 0. The average Bonchev–Trinajstić information content (AvgIpc) is 2.23. The maximum absolute atomic E-state index is 10.2. The zero-order chi connectivity index (χ0) is 13.5. The molecule has 0 aliphatic rings. The predicted molar refractivity (Wildman–Crippen MR) is 60.2 cm³/mol. The molecule has 0 aromatic heterocycles. The standard InChI is InChI=1S/C11H20O6/c1-6-9(14-8(3)15-10(12)13)16-17-11(4,5)7-2/h6,8-9H,1,7H2,2-5H3,(H,12,13). The van der Waals surface area contributed by atoms with Gasteiger partial charge in [0, 0.05) is 0 Å². The first-order valence-electron chi connectivity index (χ1n) is 5.33. The van der Waals surface area contributed by atoms with Crippen LogP contribution < -0.4 is 0 Å². The summed E-state index contributed by atoms with van der Waals surface area (Å²) in [6, 6.07) is 0. The van der Waals surface area contributed by atoms with Crippen molar-refractivity contribution in [2.45, 2.75) is 52.3 Å². The number of carboxylic acid groups (broad SMARTS) is 1. The lowest BCUT2D eigenvalue weighted by atomic mass is 10.1. The summed E-state index contributed by atoms with van der Waals surface area (Å²) < 4.78 is 9.43. The van der Waals surface area contributed by atoms with Gasteiger partial charge in [0.1, 0.15) is 0 Å². The molecule has 0 aliphatic carbocycles. The van der Waals surface area contributed by atoms with Crippen LogP contribution in [0.2, 0.25) is 0 Å². The molecule has 0 aromatic rings. The Kier molecular flexibility index (Phi) is 6.79. The van der Waals surface area contributed by atoms with Crippen molar-refractivity contribution in [2.24, 2.45) is 0 Å². The topological polar surface area (TPSA) is 74.2 Å². The third-order valence-electron chi connectivity index (χ3n) is 2.00. The molecule has 100 valence electrons. The van der Waals surface area contributed by atoms with Gasteiger partial charge in [-0.1, -0.05) is 13.5 Å². The first-order chi connectivity index (χ1) is 7.80. The Balaban J connectivity index is 4.08. The highest BCUT2D eigenvalue weighted by Gasteiger charge is 2.21. The SMILES string of the molecule is C=CC(OOC(C)(C)CC)OC(C)OC(=O)O. The van der Waals surface area contributed by atoms with E-state index in [2.05, 4.69) is 11.3 Å². The molecule has 2 atom stereocenters. The van der Waals surface area contributed by atoms with Gasteiger partial charge in [0.2, 0.25) is 12.6 Å². The van der Waals surface area contributed by atoms with Crippen molar-refractivity contribution in [2.75, 3.05) is 0 Å². The fourth-order valence-electron chi connectivity index (χ4n) is 0.713. The van der Waals surface area contributed by atoms with Crippen molar-refractivity contribution in [1.29, 1.82) is 0 Å². The summed E-state index contributed by atoms with van der Waals surface area (Å²) in [7, 11) is 0. The molecule has 0 amide bonds. The van der Waals surface area contributed by atoms with E-state index in [1.807, 2.05) is 20.8 Å². The summed E-state index contributed by atoms with van der Waals surface area (Å²) >= 11 is 0. The van der Waals surface area contributed by atoms with E-state index in [4.69, 9.17) is 19.6 Å². The molecule has 0 rings (SSSR count). The summed E-state index contributed by atoms with van der Waals surface area (Å²) in [5, 5.41) is 8.37. The lowest BCUT2D eigenvalue weighted by Crippen LogP contribution is -2.30. The van der Waals surface area contributed by atoms with Gasteiger partial charge in [-0.05, 0) is 33.3 Å². The number of carbonyl (C=O) groups is 1. The smallest absolute Gasteiger partial charge is 0.450 e. The molecule has 0 saturated heterocycles. The van der Waals surface area contributed by atoms with E-state index in [0.29, 0.717) is 0 Å². The van der Waals surface area contributed by atoms with E-state index in [1.54, 1.807) is 0 Å². The highest BCUT2D eigenvalue weighted by Crippen LogP contribution is 2.16. The summed E-state index contributed by atoms with van der Waals surface area (Å²) in [5.41, 5.74) is -0.457. The van der Waals surface area contributed by atoms with Crippen LogP contribution >= 0.6 is 0 Å². The molecule has 6 nitrogen and oxygen atoms in total. The summed E-state index contributed by atoms with van der Waals surface area (Å²) in [4.78, 5) is 20.4. The van der Waals surface area contributed by atoms with Crippen molar-refractivity contribution in [3.63, 3.8) is 0 Å². The van der Waals surface area contributed by atoms with Crippen LogP contribution in [-0.4, -0.2) is 29.4 Å². The van der Waals surface area contributed by atoms with Crippen LogP contribution in [0.4, 0.5) is 4.79 Å². The van der Waals surface area contributed by atoms with Crippen molar-refractivity contribution < 1.29 is 29.1 Å². The van der Waals surface area contributed by atoms with Crippen LogP contribution in [0.5, 0.6) is 0 Å². The second-order valence-electron chi connectivity index (χ2n) is 3.98. The van der Waals surface area contributed by atoms with E-state index in [9.17, 15) is 4.79 Å². The normalized spacial score (nSPS) is 15.1. The van der Waals surface area contributed by atoms with E-state index >= 15 is 0 Å².